The number of aromatic nitrogens is 2. The highest BCUT2D eigenvalue weighted by Crippen LogP contribution is 2.24. The van der Waals surface area contributed by atoms with Crippen molar-refractivity contribution in [2.24, 2.45) is 5.92 Å². The molecule has 1 fully saturated rings. The molecule has 0 radical (unpaired) electrons. The van der Waals surface area contributed by atoms with Gasteiger partial charge in [-0.25, -0.2) is 0 Å². The minimum atomic E-state index is 0.0450. The molecule has 7 heteroatoms. The van der Waals surface area contributed by atoms with Crippen molar-refractivity contribution in [3.05, 3.63) is 66.2 Å². The number of carbonyl (C=O) groups excluding carboxylic acids is 1. The largest absolute Gasteiger partial charge is 0.497 e. The van der Waals surface area contributed by atoms with Gasteiger partial charge >= 0.3 is 0 Å². The quantitative estimate of drug-likeness (QED) is 0.568. The molecule has 33 heavy (non-hydrogen) atoms. The van der Waals surface area contributed by atoms with Crippen LogP contribution in [0.2, 0.25) is 0 Å². The molecule has 1 amide bonds. The summed E-state index contributed by atoms with van der Waals surface area (Å²) in [4.78, 5) is 14.8. The van der Waals surface area contributed by atoms with E-state index in [0.717, 1.165) is 60.9 Å². The Balaban J connectivity index is 1.23. The van der Waals surface area contributed by atoms with Crippen molar-refractivity contribution >= 4 is 11.7 Å². The van der Waals surface area contributed by atoms with Crippen LogP contribution in [0.25, 0.3) is 11.3 Å². The lowest BCUT2D eigenvalue weighted by molar-refractivity contribution is -0.125. The highest BCUT2D eigenvalue weighted by molar-refractivity contribution is 5.79. The van der Waals surface area contributed by atoms with Crippen molar-refractivity contribution in [3.8, 4) is 22.8 Å². The van der Waals surface area contributed by atoms with Gasteiger partial charge in [0.1, 0.15) is 11.5 Å². The van der Waals surface area contributed by atoms with E-state index in [1.807, 2.05) is 60.7 Å². The predicted octanol–water partition coefficient (Wildman–Crippen LogP) is 3.74. The Kier molecular flexibility index (Phi) is 7.40. The number of carbonyl (C=O) groups is 1. The van der Waals surface area contributed by atoms with E-state index in [2.05, 4.69) is 20.4 Å². The first kappa shape index (κ1) is 22.6. The number of piperidine rings is 1. The van der Waals surface area contributed by atoms with Gasteiger partial charge in [0.2, 0.25) is 5.91 Å². The number of benzene rings is 2. The summed E-state index contributed by atoms with van der Waals surface area (Å²) in [5.41, 5.74) is 3.01. The lowest BCUT2D eigenvalue weighted by Gasteiger charge is -2.31. The molecular formula is C26H30N4O3. The number of nitrogens with zero attached hydrogens (tertiary/aromatic N) is 3. The van der Waals surface area contributed by atoms with Gasteiger partial charge < -0.3 is 19.7 Å². The molecule has 0 saturated carbocycles. The molecule has 172 valence electrons. The van der Waals surface area contributed by atoms with Crippen molar-refractivity contribution in [1.29, 1.82) is 0 Å². The van der Waals surface area contributed by atoms with Crippen LogP contribution in [0.15, 0.2) is 60.7 Å². The number of methoxy groups -OCH3 is 2. The second kappa shape index (κ2) is 10.8. The fraction of sp³-hybridized carbons (Fsp3) is 0.346. The van der Waals surface area contributed by atoms with E-state index in [1.54, 1.807) is 14.2 Å². The monoisotopic (exact) mass is 446 g/mol. The van der Waals surface area contributed by atoms with Gasteiger partial charge in [0.05, 0.1) is 19.9 Å². The summed E-state index contributed by atoms with van der Waals surface area (Å²) in [6.07, 6.45) is 2.44. The van der Waals surface area contributed by atoms with Crippen LogP contribution in [-0.4, -0.2) is 50.0 Å². The standard InChI is InChI=1S/C26H30N4O3/c1-32-22-7-3-19(4-8-22)13-16-27-26(31)21-14-17-30(18-15-21)25-12-11-24(28-29-25)20-5-9-23(33-2)10-6-20/h3-12,21H,13-18H2,1-2H3,(H,27,31). The lowest BCUT2D eigenvalue weighted by Crippen LogP contribution is -2.41. The molecule has 2 heterocycles. The average Bonchev–Trinajstić information content (AvgIpc) is 2.89. The molecule has 1 N–H and O–H groups in total. The number of ether oxygens (including phenoxy) is 2. The van der Waals surface area contributed by atoms with Gasteiger partial charge in [-0.3, -0.25) is 4.79 Å². The third-order valence-electron chi connectivity index (χ3n) is 6.10. The number of hydrogen-bond acceptors (Lipinski definition) is 6. The summed E-state index contributed by atoms with van der Waals surface area (Å²) < 4.78 is 10.4. The summed E-state index contributed by atoms with van der Waals surface area (Å²) in [7, 11) is 3.31. The van der Waals surface area contributed by atoms with E-state index in [9.17, 15) is 4.79 Å². The molecule has 0 atom stereocenters. The average molecular weight is 447 g/mol. The fourth-order valence-electron chi connectivity index (χ4n) is 4.05. The second-order valence-electron chi connectivity index (χ2n) is 8.16. The number of hydrogen-bond donors (Lipinski definition) is 1. The zero-order chi connectivity index (χ0) is 23.0. The summed E-state index contributed by atoms with van der Waals surface area (Å²) in [5.74, 6) is 2.70. The van der Waals surface area contributed by atoms with E-state index < -0.39 is 0 Å². The SMILES string of the molecule is COc1ccc(CCNC(=O)C2CCN(c3ccc(-c4ccc(OC)cc4)nn3)CC2)cc1. The zero-order valence-electron chi connectivity index (χ0n) is 19.2. The van der Waals surface area contributed by atoms with Crippen molar-refractivity contribution in [1.82, 2.24) is 15.5 Å². The van der Waals surface area contributed by atoms with Crippen molar-refractivity contribution in [2.75, 3.05) is 38.8 Å². The topological polar surface area (TPSA) is 76.6 Å². The van der Waals surface area contributed by atoms with Gasteiger partial charge in [0.15, 0.2) is 5.82 Å². The minimum Gasteiger partial charge on any atom is -0.497 e. The van der Waals surface area contributed by atoms with E-state index in [1.165, 1.54) is 5.56 Å². The molecule has 0 bridgehead atoms. The Bertz CT molecular complexity index is 1030. The smallest absolute Gasteiger partial charge is 0.223 e. The third-order valence-corrected chi connectivity index (χ3v) is 6.10. The number of nitrogens with one attached hydrogen (secondary N) is 1. The summed E-state index contributed by atoms with van der Waals surface area (Å²) in [6, 6.07) is 19.7. The molecule has 1 aliphatic heterocycles. The zero-order valence-corrected chi connectivity index (χ0v) is 19.2. The Hall–Kier alpha value is -3.61. The molecule has 0 aliphatic carbocycles. The van der Waals surface area contributed by atoms with Crippen molar-refractivity contribution < 1.29 is 14.3 Å². The lowest BCUT2D eigenvalue weighted by atomic mass is 9.96. The van der Waals surface area contributed by atoms with E-state index >= 15 is 0 Å². The highest BCUT2D eigenvalue weighted by Gasteiger charge is 2.25. The van der Waals surface area contributed by atoms with Crippen LogP contribution in [-0.2, 0) is 11.2 Å². The highest BCUT2D eigenvalue weighted by atomic mass is 16.5. The van der Waals surface area contributed by atoms with Crippen LogP contribution in [0.4, 0.5) is 5.82 Å². The molecule has 2 aromatic carbocycles. The molecule has 0 spiro atoms. The maximum absolute atomic E-state index is 12.6. The van der Waals surface area contributed by atoms with E-state index in [-0.39, 0.29) is 11.8 Å². The van der Waals surface area contributed by atoms with Crippen LogP contribution < -0.4 is 19.7 Å². The van der Waals surface area contributed by atoms with Crippen molar-refractivity contribution in [2.45, 2.75) is 19.3 Å². The summed E-state index contributed by atoms with van der Waals surface area (Å²) in [5, 5.41) is 11.9. The molecule has 3 aromatic rings. The molecule has 7 nitrogen and oxygen atoms in total. The Morgan fingerprint density at radius 3 is 2.12 bits per heavy atom. The number of anilines is 1. The normalized spacial score (nSPS) is 14.1. The Morgan fingerprint density at radius 2 is 1.55 bits per heavy atom. The van der Waals surface area contributed by atoms with E-state index in [0.29, 0.717) is 6.54 Å². The van der Waals surface area contributed by atoms with Crippen LogP contribution in [0, 0.1) is 5.92 Å². The first-order chi connectivity index (χ1) is 16.2. The Labute approximate surface area is 194 Å². The number of rotatable bonds is 8. The maximum atomic E-state index is 12.6. The molecule has 1 saturated heterocycles. The molecule has 4 rings (SSSR count). The predicted molar refractivity (Wildman–Crippen MR) is 129 cm³/mol. The van der Waals surface area contributed by atoms with Gasteiger partial charge in [-0.05, 0) is 73.4 Å². The third kappa shape index (κ3) is 5.80. The summed E-state index contributed by atoms with van der Waals surface area (Å²) in [6.45, 7) is 2.24. The molecule has 0 unspecified atom stereocenters. The van der Waals surface area contributed by atoms with E-state index in [4.69, 9.17) is 9.47 Å². The van der Waals surface area contributed by atoms with Gasteiger partial charge in [0, 0.05) is 31.1 Å². The number of amides is 1. The van der Waals surface area contributed by atoms with Gasteiger partial charge in [-0.2, -0.15) is 0 Å². The second-order valence-corrected chi connectivity index (χ2v) is 8.16. The van der Waals surface area contributed by atoms with Crippen LogP contribution >= 0.6 is 0 Å². The Morgan fingerprint density at radius 1 is 0.909 bits per heavy atom. The minimum absolute atomic E-state index is 0.0450. The fourth-order valence-corrected chi connectivity index (χ4v) is 4.05. The molecule has 1 aliphatic rings. The van der Waals surface area contributed by atoms with Crippen molar-refractivity contribution in [3.63, 3.8) is 0 Å². The summed E-state index contributed by atoms with van der Waals surface area (Å²) >= 11 is 0. The molecular weight excluding hydrogens is 416 g/mol. The van der Waals surface area contributed by atoms with Crippen LogP contribution in [0.1, 0.15) is 18.4 Å². The first-order valence-electron chi connectivity index (χ1n) is 11.3. The van der Waals surface area contributed by atoms with Gasteiger partial charge in [-0.15, -0.1) is 10.2 Å². The maximum Gasteiger partial charge on any atom is 0.223 e. The molecule has 1 aromatic heterocycles. The van der Waals surface area contributed by atoms with Crippen LogP contribution in [0.5, 0.6) is 11.5 Å². The van der Waals surface area contributed by atoms with Crippen LogP contribution in [0.3, 0.4) is 0 Å². The first-order valence-corrected chi connectivity index (χ1v) is 11.3. The van der Waals surface area contributed by atoms with Gasteiger partial charge in [-0.1, -0.05) is 12.1 Å². The van der Waals surface area contributed by atoms with Gasteiger partial charge in [0.25, 0.3) is 0 Å².